The van der Waals surface area contributed by atoms with E-state index in [9.17, 15) is 0 Å². The number of aryl methyl sites for hydroxylation is 1. The average Bonchev–Trinajstić information content (AvgIpc) is 3.43. The molecule has 0 saturated carbocycles. The zero-order valence-electron chi connectivity index (χ0n) is 18.5. The van der Waals surface area contributed by atoms with Crippen molar-refractivity contribution in [1.82, 2.24) is 14.8 Å². The number of benzene rings is 3. The Morgan fingerprint density at radius 1 is 0.788 bits per heavy atom. The van der Waals surface area contributed by atoms with Gasteiger partial charge in [-0.1, -0.05) is 60.7 Å². The van der Waals surface area contributed by atoms with Crippen molar-refractivity contribution in [2.45, 2.75) is 19.0 Å². The second-order valence-electron chi connectivity index (χ2n) is 8.19. The zero-order valence-corrected chi connectivity index (χ0v) is 18.5. The Morgan fingerprint density at radius 3 is 2.12 bits per heavy atom. The molecule has 6 heteroatoms. The lowest BCUT2D eigenvalue weighted by atomic mass is 9.89. The van der Waals surface area contributed by atoms with Gasteiger partial charge in [0.05, 0.1) is 25.1 Å². The average molecular weight is 434 g/mol. The maximum atomic E-state index is 5.41. The molecule has 2 atom stereocenters. The Balaban J connectivity index is 1.65. The highest BCUT2D eigenvalue weighted by molar-refractivity contribution is 6.04. The number of rotatable bonds is 4. The number of nitrogens with zero attached hydrogens (tertiary/aromatic N) is 5. The van der Waals surface area contributed by atoms with Gasteiger partial charge in [-0.3, -0.25) is 4.57 Å². The number of aliphatic imine (C=N–C) groups is 1. The van der Waals surface area contributed by atoms with Gasteiger partial charge in [0.25, 0.3) is 0 Å². The van der Waals surface area contributed by atoms with E-state index in [1.165, 1.54) is 5.57 Å². The molecule has 0 saturated heterocycles. The highest BCUT2D eigenvalue weighted by atomic mass is 16.5. The first-order valence-corrected chi connectivity index (χ1v) is 11.0. The fourth-order valence-electron chi connectivity index (χ4n) is 4.85. The minimum Gasteiger partial charge on any atom is -0.497 e. The SMILES string of the molecule is COc1ccc(N2C(c3ccccc3)=C(c3ccccc3)C3c4nnc(C)n4C=NC32)cc1. The fraction of sp³-hybridized carbons (Fsp3) is 0.148. The van der Waals surface area contributed by atoms with Gasteiger partial charge in [-0.15, -0.1) is 10.2 Å². The van der Waals surface area contributed by atoms with E-state index < -0.39 is 0 Å². The van der Waals surface area contributed by atoms with E-state index in [0.29, 0.717) is 0 Å². The molecule has 0 N–H and O–H groups in total. The monoisotopic (exact) mass is 433 g/mol. The first-order chi connectivity index (χ1) is 16.3. The Morgan fingerprint density at radius 2 is 1.45 bits per heavy atom. The van der Waals surface area contributed by atoms with Crippen molar-refractivity contribution in [2.24, 2.45) is 4.99 Å². The molecule has 6 nitrogen and oxygen atoms in total. The number of hydrogen-bond acceptors (Lipinski definition) is 5. The van der Waals surface area contributed by atoms with Crippen molar-refractivity contribution in [1.29, 1.82) is 0 Å². The van der Waals surface area contributed by atoms with E-state index in [1.807, 2.05) is 42.1 Å². The molecule has 6 rings (SSSR count). The molecule has 0 amide bonds. The summed E-state index contributed by atoms with van der Waals surface area (Å²) in [4.78, 5) is 7.35. The van der Waals surface area contributed by atoms with Crippen LogP contribution in [-0.4, -0.2) is 34.4 Å². The first kappa shape index (κ1) is 19.5. The summed E-state index contributed by atoms with van der Waals surface area (Å²) in [5.41, 5.74) is 5.69. The smallest absolute Gasteiger partial charge is 0.150 e. The minimum absolute atomic E-state index is 0.0593. The van der Waals surface area contributed by atoms with Gasteiger partial charge in [0.1, 0.15) is 23.6 Å². The van der Waals surface area contributed by atoms with Gasteiger partial charge >= 0.3 is 0 Å². The van der Waals surface area contributed by atoms with Crippen LogP contribution in [0.3, 0.4) is 0 Å². The Labute approximate surface area is 192 Å². The number of hydrogen-bond donors (Lipinski definition) is 0. The normalized spacial score (nSPS) is 18.9. The van der Waals surface area contributed by atoms with Crippen LogP contribution in [0.15, 0.2) is 89.9 Å². The summed E-state index contributed by atoms with van der Waals surface area (Å²) in [6, 6.07) is 29.2. The molecule has 0 bridgehead atoms. The molecule has 2 aliphatic rings. The van der Waals surface area contributed by atoms with Crippen LogP contribution >= 0.6 is 0 Å². The molecular formula is C27H23N5O. The summed E-state index contributed by atoms with van der Waals surface area (Å²) in [5.74, 6) is 2.51. The molecular weight excluding hydrogens is 410 g/mol. The standard InChI is InChI=1S/C27H23N5O/c1-18-29-30-27-24-23(19-9-5-3-6-10-19)25(20-11-7-4-8-12-20)32(26(24)28-17-31(18)27)21-13-15-22(33-2)16-14-21/h3-17,24,26H,1-2H3. The molecule has 2 unspecified atom stereocenters. The van der Waals surface area contributed by atoms with Crippen LogP contribution in [-0.2, 0) is 0 Å². The van der Waals surface area contributed by atoms with Crippen molar-refractivity contribution in [3.63, 3.8) is 0 Å². The summed E-state index contributed by atoms with van der Waals surface area (Å²) < 4.78 is 7.41. The molecule has 0 radical (unpaired) electrons. The lowest BCUT2D eigenvalue weighted by molar-refractivity contribution is 0.415. The highest BCUT2D eigenvalue weighted by Crippen LogP contribution is 2.52. The van der Waals surface area contributed by atoms with Crippen LogP contribution in [0.4, 0.5) is 5.69 Å². The maximum absolute atomic E-state index is 5.41. The predicted octanol–water partition coefficient (Wildman–Crippen LogP) is 4.98. The molecule has 2 aliphatic heterocycles. The molecule has 33 heavy (non-hydrogen) atoms. The first-order valence-electron chi connectivity index (χ1n) is 11.0. The van der Waals surface area contributed by atoms with Crippen LogP contribution in [0.25, 0.3) is 11.3 Å². The van der Waals surface area contributed by atoms with Crippen molar-refractivity contribution in [2.75, 3.05) is 12.0 Å². The van der Waals surface area contributed by atoms with E-state index in [0.717, 1.165) is 39.9 Å². The number of anilines is 1. The molecule has 4 aromatic rings. The van der Waals surface area contributed by atoms with E-state index in [4.69, 9.17) is 9.73 Å². The summed E-state index contributed by atoms with van der Waals surface area (Å²) in [5, 5.41) is 8.97. The number of methoxy groups -OCH3 is 1. The Bertz CT molecular complexity index is 1360. The fourth-order valence-corrected chi connectivity index (χ4v) is 4.85. The highest BCUT2D eigenvalue weighted by Gasteiger charge is 2.47. The van der Waals surface area contributed by atoms with Crippen molar-refractivity contribution in [3.05, 3.63) is 108 Å². The number of fused-ring (bicyclic) bond motifs is 3. The van der Waals surface area contributed by atoms with Crippen molar-refractivity contribution in [3.8, 4) is 5.75 Å². The second-order valence-corrected chi connectivity index (χ2v) is 8.19. The Kier molecular flexibility index (Phi) is 4.57. The minimum atomic E-state index is -0.167. The number of ether oxygens (including phenoxy) is 1. The Hall–Kier alpha value is -4.19. The summed E-state index contributed by atoms with van der Waals surface area (Å²) in [6.45, 7) is 1.96. The van der Waals surface area contributed by atoms with Gasteiger partial charge in [0.2, 0.25) is 0 Å². The summed E-state index contributed by atoms with van der Waals surface area (Å²) in [7, 11) is 1.68. The van der Waals surface area contributed by atoms with Gasteiger partial charge in [0, 0.05) is 5.69 Å². The van der Waals surface area contributed by atoms with Crippen LogP contribution in [0, 0.1) is 6.92 Å². The van der Waals surface area contributed by atoms with Gasteiger partial charge in [-0.05, 0) is 47.9 Å². The van der Waals surface area contributed by atoms with E-state index >= 15 is 0 Å². The molecule has 3 heterocycles. The van der Waals surface area contributed by atoms with Gasteiger partial charge in [0.15, 0.2) is 0 Å². The molecule has 1 aromatic heterocycles. The van der Waals surface area contributed by atoms with Gasteiger partial charge < -0.3 is 9.64 Å². The maximum Gasteiger partial charge on any atom is 0.150 e. The largest absolute Gasteiger partial charge is 0.497 e. The predicted molar refractivity (Wildman–Crippen MR) is 130 cm³/mol. The van der Waals surface area contributed by atoms with Crippen molar-refractivity contribution < 1.29 is 4.74 Å². The van der Waals surface area contributed by atoms with Crippen LogP contribution < -0.4 is 9.64 Å². The van der Waals surface area contributed by atoms with Crippen LogP contribution in [0.1, 0.15) is 28.7 Å². The summed E-state index contributed by atoms with van der Waals surface area (Å²) in [6.07, 6.45) is 1.69. The van der Waals surface area contributed by atoms with Crippen LogP contribution in [0.2, 0.25) is 0 Å². The quantitative estimate of drug-likeness (QED) is 0.455. The molecule has 162 valence electrons. The third kappa shape index (κ3) is 3.06. The third-order valence-electron chi connectivity index (χ3n) is 6.36. The molecule has 0 aliphatic carbocycles. The van der Waals surface area contributed by atoms with E-state index in [-0.39, 0.29) is 12.1 Å². The van der Waals surface area contributed by atoms with Gasteiger partial charge in [-0.2, -0.15) is 0 Å². The van der Waals surface area contributed by atoms with Crippen molar-refractivity contribution >= 4 is 23.3 Å². The second kappa shape index (κ2) is 7.74. The lowest BCUT2D eigenvalue weighted by Crippen LogP contribution is -2.35. The number of aromatic nitrogens is 3. The molecule has 0 spiro atoms. The molecule has 3 aromatic carbocycles. The van der Waals surface area contributed by atoms with E-state index in [1.54, 1.807) is 7.11 Å². The zero-order chi connectivity index (χ0) is 22.4. The van der Waals surface area contributed by atoms with Crippen LogP contribution in [0.5, 0.6) is 5.75 Å². The molecule has 0 fully saturated rings. The summed E-state index contributed by atoms with van der Waals surface area (Å²) >= 11 is 0. The van der Waals surface area contributed by atoms with Gasteiger partial charge in [-0.25, -0.2) is 4.99 Å². The third-order valence-corrected chi connectivity index (χ3v) is 6.36. The van der Waals surface area contributed by atoms with E-state index in [2.05, 4.69) is 75.8 Å². The topological polar surface area (TPSA) is 55.5 Å². The lowest BCUT2D eigenvalue weighted by Gasteiger charge is -2.31.